The average Bonchev–Trinajstić information content (AvgIpc) is 2.83. The van der Waals surface area contributed by atoms with Crippen molar-refractivity contribution in [2.45, 2.75) is 13.8 Å². The molecule has 2 heterocycles. The molecule has 0 bridgehead atoms. The second kappa shape index (κ2) is 5.38. The number of nitrogen functional groups attached to an aromatic ring is 1. The number of primary amides is 1. The van der Waals surface area contributed by atoms with E-state index in [1.54, 1.807) is 29.7 Å². The summed E-state index contributed by atoms with van der Waals surface area (Å²) in [7, 11) is 0. The third-order valence-electron chi connectivity index (χ3n) is 4.00. The fourth-order valence-corrected chi connectivity index (χ4v) is 2.81. The fraction of sp³-hybridized carbons (Fsp3) is 0.118. The van der Waals surface area contributed by atoms with Gasteiger partial charge in [0.1, 0.15) is 22.6 Å². The van der Waals surface area contributed by atoms with Gasteiger partial charge in [0, 0.05) is 5.56 Å². The summed E-state index contributed by atoms with van der Waals surface area (Å²) < 4.78 is 1.60. The molecule has 122 valence electrons. The van der Waals surface area contributed by atoms with Gasteiger partial charge in [-0.15, -0.1) is 0 Å². The number of aromatic nitrogens is 3. The van der Waals surface area contributed by atoms with Gasteiger partial charge in [0.25, 0.3) is 5.91 Å². The van der Waals surface area contributed by atoms with Crippen LogP contribution >= 0.6 is 0 Å². The van der Waals surface area contributed by atoms with Gasteiger partial charge in [0.2, 0.25) is 0 Å². The van der Waals surface area contributed by atoms with Crippen LogP contribution in [0.5, 0.6) is 5.75 Å². The zero-order valence-electron chi connectivity index (χ0n) is 13.4. The number of carbonyl (C=O) groups excluding carboxylic acids is 1. The molecule has 7 nitrogen and oxygen atoms in total. The van der Waals surface area contributed by atoms with Crippen LogP contribution in [0.4, 0.5) is 5.82 Å². The highest BCUT2D eigenvalue weighted by atomic mass is 16.3. The zero-order chi connectivity index (χ0) is 17.6. The van der Waals surface area contributed by atoms with E-state index < -0.39 is 5.91 Å². The molecular weight excluding hydrogens is 306 g/mol. The number of nitrogens with two attached hydrogens (primary N) is 2. The Morgan fingerprint density at radius 3 is 2.71 bits per heavy atom. The smallest absolute Gasteiger partial charge is 0.254 e. The van der Waals surface area contributed by atoms with E-state index in [9.17, 15) is 9.90 Å². The summed E-state index contributed by atoms with van der Waals surface area (Å²) in [6.45, 7) is 7.32. The van der Waals surface area contributed by atoms with Crippen LogP contribution < -0.4 is 11.5 Å². The highest BCUT2D eigenvalue weighted by molar-refractivity contribution is 6.09. The third-order valence-corrected chi connectivity index (χ3v) is 4.00. The fourth-order valence-electron chi connectivity index (χ4n) is 2.81. The number of benzene rings is 1. The average molecular weight is 323 g/mol. The van der Waals surface area contributed by atoms with Crippen LogP contribution in [0.25, 0.3) is 22.9 Å². The first-order valence-electron chi connectivity index (χ1n) is 7.25. The normalized spacial score (nSPS) is 10.9. The Morgan fingerprint density at radius 1 is 1.38 bits per heavy atom. The van der Waals surface area contributed by atoms with Crippen molar-refractivity contribution in [3.63, 3.8) is 0 Å². The standard InChI is InChI=1S/C17H17N5O2/c1-4-10-7-20-13-12(16(19)24)15(18)22(17(13)21-10)14-8(2)5-6-11(23)9(14)3/h4-7,23H,1,18H2,2-3H3,(H2,19,24). The second-order valence-electron chi connectivity index (χ2n) is 5.51. The minimum absolute atomic E-state index is 0.107. The first-order chi connectivity index (χ1) is 11.4. The van der Waals surface area contributed by atoms with Crippen molar-refractivity contribution >= 4 is 29.0 Å². The summed E-state index contributed by atoms with van der Waals surface area (Å²) in [5.41, 5.74) is 15.1. The molecule has 0 radical (unpaired) electrons. The predicted octanol–water partition coefficient (Wildman–Crippen LogP) is 2.07. The quantitative estimate of drug-likeness (QED) is 0.681. The monoisotopic (exact) mass is 323 g/mol. The molecule has 3 rings (SSSR count). The number of phenols is 1. The van der Waals surface area contributed by atoms with Crippen LogP contribution in [-0.2, 0) is 0 Å². The summed E-state index contributed by atoms with van der Waals surface area (Å²) in [5.74, 6) is -0.437. The highest BCUT2D eigenvalue weighted by Gasteiger charge is 2.24. The van der Waals surface area contributed by atoms with E-state index >= 15 is 0 Å². The molecule has 0 aliphatic heterocycles. The number of hydrogen-bond donors (Lipinski definition) is 3. The lowest BCUT2D eigenvalue weighted by molar-refractivity contribution is 0.100. The summed E-state index contributed by atoms with van der Waals surface area (Å²) in [6, 6.07) is 3.36. The van der Waals surface area contributed by atoms with Crippen LogP contribution in [-0.4, -0.2) is 25.5 Å². The van der Waals surface area contributed by atoms with Crippen LogP contribution in [0.1, 0.15) is 27.2 Å². The number of amides is 1. The van der Waals surface area contributed by atoms with Crippen LogP contribution in [0.2, 0.25) is 0 Å². The van der Waals surface area contributed by atoms with E-state index in [-0.39, 0.29) is 17.1 Å². The molecule has 0 saturated heterocycles. The Hall–Kier alpha value is -3.35. The molecule has 0 spiro atoms. The van der Waals surface area contributed by atoms with Gasteiger partial charge in [0.15, 0.2) is 5.65 Å². The van der Waals surface area contributed by atoms with Crippen molar-refractivity contribution in [1.82, 2.24) is 14.5 Å². The van der Waals surface area contributed by atoms with Gasteiger partial charge < -0.3 is 16.6 Å². The molecule has 0 fully saturated rings. The predicted molar refractivity (Wildman–Crippen MR) is 93.0 cm³/mol. The van der Waals surface area contributed by atoms with Gasteiger partial charge in [-0.05, 0) is 31.6 Å². The van der Waals surface area contributed by atoms with E-state index in [0.717, 1.165) is 5.56 Å². The molecule has 0 saturated carbocycles. The summed E-state index contributed by atoms with van der Waals surface area (Å²) in [5, 5.41) is 10.1. The summed E-state index contributed by atoms with van der Waals surface area (Å²) in [4.78, 5) is 20.6. The van der Waals surface area contributed by atoms with Crippen molar-refractivity contribution in [3.05, 3.63) is 47.3 Å². The van der Waals surface area contributed by atoms with Gasteiger partial charge in [-0.3, -0.25) is 9.36 Å². The van der Waals surface area contributed by atoms with Crippen LogP contribution in [0.3, 0.4) is 0 Å². The molecule has 0 aliphatic rings. The van der Waals surface area contributed by atoms with Crippen molar-refractivity contribution in [3.8, 4) is 11.4 Å². The largest absolute Gasteiger partial charge is 0.508 e. The van der Waals surface area contributed by atoms with Gasteiger partial charge in [0.05, 0.1) is 17.6 Å². The maximum Gasteiger partial charge on any atom is 0.254 e. The Morgan fingerprint density at radius 2 is 2.08 bits per heavy atom. The first kappa shape index (κ1) is 15.5. The molecule has 7 heteroatoms. The maximum absolute atomic E-state index is 11.9. The number of rotatable bonds is 3. The lowest BCUT2D eigenvalue weighted by atomic mass is 10.1. The minimum atomic E-state index is -0.688. The van der Waals surface area contributed by atoms with E-state index in [4.69, 9.17) is 11.5 Å². The van der Waals surface area contributed by atoms with E-state index in [0.29, 0.717) is 28.1 Å². The lowest BCUT2D eigenvalue weighted by Crippen LogP contribution is -2.14. The highest BCUT2D eigenvalue weighted by Crippen LogP contribution is 2.34. The molecule has 0 unspecified atom stereocenters. The Balaban J connectivity index is 2.53. The maximum atomic E-state index is 11.9. The number of hydrogen-bond acceptors (Lipinski definition) is 5. The molecule has 0 atom stereocenters. The molecular formula is C17H17N5O2. The summed E-state index contributed by atoms with van der Waals surface area (Å²) >= 11 is 0. The van der Waals surface area contributed by atoms with Crippen molar-refractivity contribution in [1.29, 1.82) is 0 Å². The Kier molecular flexibility index (Phi) is 3.48. The molecule has 1 aromatic carbocycles. The number of aryl methyl sites for hydroxylation is 1. The number of aromatic hydroxyl groups is 1. The molecule has 2 aromatic heterocycles. The Labute approximate surface area is 138 Å². The molecule has 1 amide bonds. The lowest BCUT2D eigenvalue weighted by Gasteiger charge is -2.15. The molecule has 24 heavy (non-hydrogen) atoms. The molecule has 5 N–H and O–H groups in total. The number of carbonyl (C=O) groups is 1. The molecule has 3 aromatic rings. The Bertz CT molecular complexity index is 1000. The van der Waals surface area contributed by atoms with E-state index in [1.165, 1.54) is 6.20 Å². The number of fused-ring (bicyclic) bond motifs is 1. The summed E-state index contributed by atoms with van der Waals surface area (Å²) in [6.07, 6.45) is 3.04. The van der Waals surface area contributed by atoms with Gasteiger partial charge in [-0.25, -0.2) is 9.97 Å². The second-order valence-corrected chi connectivity index (χ2v) is 5.51. The third kappa shape index (κ3) is 2.10. The number of anilines is 1. The van der Waals surface area contributed by atoms with E-state index in [1.807, 2.05) is 6.92 Å². The zero-order valence-corrected chi connectivity index (χ0v) is 13.4. The van der Waals surface area contributed by atoms with Gasteiger partial charge in [-0.1, -0.05) is 12.6 Å². The van der Waals surface area contributed by atoms with Gasteiger partial charge >= 0.3 is 0 Å². The number of nitrogens with zero attached hydrogens (tertiary/aromatic N) is 3. The number of phenolic OH excluding ortho intramolecular Hbond substituents is 1. The molecule has 0 aliphatic carbocycles. The van der Waals surface area contributed by atoms with Gasteiger partial charge in [-0.2, -0.15) is 0 Å². The topological polar surface area (TPSA) is 120 Å². The van der Waals surface area contributed by atoms with Crippen molar-refractivity contribution < 1.29 is 9.90 Å². The minimum Gasteiger partial charge on any atom is -0.508 e. The van der Waals surface area contributed by atoms with E-state index in [2.05, 4.69) is 16.5 Å². The first-order valence-corrected chi connectivity index (χ1v) is 7.25. The van der Waals surface area contributed by atoms with Crippen molar-refractivity contribution in [2.24, 2.45) is 5.73 Å². The van der Waals surface area contributed by atoms with Crippen molar-refractivity contribution in [2.75, 3.05) is 5.73 Å². The van der Waals surface area contributed by atoms with Crippen LogP contribution in [0, 0.1) is 13.8 Å². The van der Waals surface area contributed by atoms with Crippen LogP contribution in [0.15, 0.2) is 24.9 Å². The SMILES string of the molecule is C=Cc1cnc2c(C(N)=O)c(N)n(-c3c(C)ccc(O)c3C)c2n1.